The third-order valence-electron chi connectivity index (χ3n) is 3.11. The van der Waals surface area contributed by atoms with Gasteiger partial charge >= 0.3 is 0 Å². The predicted octanol–water partition coefficient (Wildman–Crippen LogP) is 2.99. The van der Waals surface area contributed by atoms with Gasteiger partial charge in [0, 0.05) is 11.6 Å². The first-order valence-electron chi connectivity index (χ1n) is 7.35. The van der Waals surface area contributed by atoms with E-state index in [2.05, 4.69) is 56.2 Å². The van der Waals surface area contributed by atoms with E-state index in [0.717, 1.165) is 30.8 Å². The second-order valence-electron chi connectivity index (χ2n) is 5.11. The maximum Gasteiger partial charge on any atom is 0.189 e. The molecule has 1 rings (SSSR count). The molecular weight excluding hydrogens is 250 g/mol. The second-order valence-corrected chi connectivity index (χ2v) is 5.11. The van der Waals surface area contributed by atoms with Crippen molar-refractivity contribution in [1.29, 1.82) is 0 Å². The molecule has 0 bridgehead atoms. The summed E-state index contributed by atoms with van der Waals surface area (Å²) in [6.45, 7) is 9.62. The van der Waals surface area contributed by atoms with Crippen LogP contribution in [-0.4, -0.2) is 18.6 Å². The molecule has 0 amide bonds. The minimum Gasteiger partial charge on any atom is -0.493 e. The maximum absolute atomic E-state index is 5.88. The molecule has 1 aromatic rings. The molecular formula is C16H27N3O. The second kappa shape index (κ2) is 8.46. The fourth-order valence-electron chi connectivity index (χ4n) is 1.71. The Morgan fingerprint density at radius 1 is 1.40 bits per heavy atom. The molecule has 0 aliphatic heterocycles. The minimum atomic E-state index is 0.340. The van der Waals surface area contributed by atoms with E-state index in [4.69, 9.17) is 10.5 Å². The van der Waals surface area contributed by atoms with Crippen LogP contribution in [0.4, 0.5) is 0 Å². The van der Waals surface area contributed by atoms with Gasteiger partial charge in [-0.1, -0.05) is 26.0 Å². The van der Waals surface area contributed by atoms with Crippen LogP contribution in [-0.2, 0) is 6.54 Å². The minimum absolute atomic E-state index is 0.340. The van der Waals surface area contributed by atoms with Crippen molar-refractivity contribution < 1.29 is 4.74 Å². The fourth-order valence-corrected chi connectivity index (χ4v) is 1.71. The van der Waals surface area contributed by atoms with Gasteiger partial charge in [0.25, 0.3) is 0 Å². The van der Waals surface area contributed by atoms with Crippen molar-refractivity contribution in [3.63, 3.8) is 0 Å². The predicted molar refractivity (Wildman–Crippen MR) is 85.2 cm³/mol. The number of benzene rings is 1. The summed E-state index contributed by atoms with van der Waals surface area (Å²) in [7, 11) is 0. The lowest BCUT2D eigenvalue weighted by atomic mass is 10.1. The van der Waals surface area contributed by atoms with Crippen molar-refractivity contribution in [2.45, 2.75) is 53.1 Å². The third kappa shape index (κ3) is 5.51. The molecule has 0 heterocycles. The van der Waals surface area contributed by atoms with Crippen molar-refractivity contribution in [2.75, 3.05) is 6.61 Å². The van der Waals surface area contributed by atoms with Crippen molar-refractivity contribution in [1.82, 2.24) is 5.32 Å². The molecule has 1 aromatic carbocycles. The van der Waals surface area contributed by atoms with Crippen molar-refractivity contribution >= 4 is 5.96 Å². The Morgan fingerprint density at radius 2 is 2.15 bits per heavy atom. The van der Waals surface area contributed by atoms with Crippen LogP contribution in [0.25, 0.3) is 0 Å². The summed E-state index contributed by atoms with van der Waals surface area (Å²) in [6.07, 6.45) is 2.01. The average Bonchev–Trinajstić information content (AvgIpc) is 2.43. The summed E-state index contributed by atoms with van der Waals surface area (Å²) in [5.41, 5.74) is 8.13. The molecule has 4 nitrogen and oxygen atoms in total. The van der Waals surface area contributed by atoms with E-state index >= 15 is 0 Å². The van der Waals surface area contributed by atoms with Crippen LogP contribution in [0.1, 0.15) is 44.7 Å². The zero-order chi connectivity index (χ0) is 15.0. The van der Waals surface area contributed by atoms with Gasteiger partial charge in [-0.15, -0.1) is 0 Å². The van der Waals surface area contributed by atoms with Gasteiger partial charge in [0.2, 0.25) is 0 Å². The first kappa shape index (κ1) is 16.3. The lowest BCUT2D eigenvalue weighted by Gasteiger charge is -2.13. The summed E-state index contributed by atoms with van der Waals surface area (Å²) in [6, 6.07) is 6.52. The molecule has 1 unspecified atom stereocenters. The third-order valence-corrected chi connectivity index (χ3v) is 3.11. The van der Waals surface area contributed by atoms with E-state index in [1.807, 2.05) is 0 Å². The van der Waals surface area contributed by atoms with Crippen LogP contribution in [0.5, 0.6) is 5.75 Å². The van der Waals surface area contributed by atoms with Crippen molar-refractivity contribution in [2.24, 2.45) is 10.7 Å². The molecule has 0 fully saturated rings. The van der Waals surface area contributed by atoms with Crippen molar-refractivity contribution in [3.05, 3.63) is 29.3 Å². The van der Waals surface area contributed by atoms with E-state index < -0.39 is 0 Å². The lowest BCUT2D eigenvalue weighted by molar-refractivity contribution is 0.314. The number of hydrogen-bond donors (Lipinski definition) is 2. The number of ether oxygens (including phenoxy) is 1. The molecule has 0 aliphatic rings. The zero-order valence-electron chi connectivity index (χ0n) is 13.1. The van der Waals surface area contributed by atoms with E-state index in [1.54, 1.807) is 0 Å². The van der Waals surface area contributed by atoms with Crippen LogP contribution >= 0.6 is 0 Å². The van der Waals surface area contributed by atoms with Crippen LogP contribution in [0.15, 0.2) is 23.2 Å². The summed E-state index contributed by atoms with van der Waals surface area (Å²) in [5.74, 6) is 1.40. The molecule has 112 valence electrons. The number of nitrogens with two attached hydrogens (primary N) is 1. The quantitative estimate of drug-likeness (QED) is 0.595. The van der Waals surface area contributed by atoms with Gasteiger partial charge in [0.15, 0.2) is 5.96 Å². The Kier molecular flexibility index (Phi) is 6.91. The number of aryl methyl sites for hydroxylation is 1. The van der Waals surface area contributed by atoms with Crippen LogP contribution in [0.2, 0.25) is 0 Å². The number of guanidine groups is 1. The monoisotopic (exact) mass is 277 g/mol. The van der Waals surface area contributed by atoms with E-state index in [1.165, 1.54) is 5.56 Å². The molecule has 0 saturated heterocycles. The van der Waals surface area contributed by atoms with E-state index in [-0.39, 0.29) is 0 Å². The topological polar surface area (TPSA) is 59.6 Å². The molecule has 0 saturated carbocycles. The van der Waals surface area contributed by atoms with Gasteiger partial charge in [-0.3, -0.25) is 0 Å². The molecule has 3 N–H and O–H groups in total. The SMILES string of the molecule is CCCOc1cc(C)ccc1CN=C(N)NC(C)CC. The highest BCUT2D eigenvalue weighted by Crippen LogP contribution is 2.21. The van der Waals surface area contributed by atoms with Crippen molar-refractivity contribution in [3.8, 4) is 5.75 Å². The number of hydrogen-bond acceptors (Lipinski definition) is 2. The first-order valence-corrected chi connectivity index (χ1v) is 7.35. The molecule has 4 heteroatoms. The highest BCUT2D eigenvalue weighted by molar-refractivity contribution is 5.78. The van der Waals surface area contributed by atoms with Crippen LogP contribution in [0, 0.1) is 6.92 Å². The smallest absolute Gasteiger partial charge is 0.189 e. The molecule has 1 atom stereocenters. The maximum atomic E-state index is 5.88. The first-order chi connectivity index (χ1) is 9.56. The summed E-state index contributed by atoms with van der Waals surface area (Å²) >= 11 is 0. The summed E-state index contributed by atoms with van der Waals surface area (Å²) in [4.78, 5) is 4.38. The fraction of sp³-hybridized carbons (Fsp3) is 0.562. The standard InChI is InChI=1S/C16H27N3O/c1-5-9-20-15-10-12(3)7-8-14(15)11-18-16(17)19-13(4)6-2/h7-8,10,13H,5-6,9,11H2,1-4H3,(H3,17,18,19). The molecule has 0 aromatic heterocycles. The molecule has 20 heavy (non-hydrogen) atoms. The number of nitrogens with zero attached hydrogens (tertiary/aromatic N) is 1. The number of rotatable bonds is 7. The lowest BCUT2D eigenvalue weighted by Crippen LogP contribution is -2.38. The van der Waals surface area contributed by atoms with Gasteiger partial charge in [-0.25, -0.2) is 4.99 Å². The van der Waals surface area contributed by atoms with Gasteiger partial charge in [0.05, 0.1) is 13.2 Å². The molecule has 0 aliphatic carbocycles. The van der Waals surface area contributed by atoms with Gasteiger partial charge in [-0.2, -0.15) is 0 Å². The number of nitrogens with one attached hydrogen (secondary N) is 1. The highest BCUT2D eigenvalue weighted by atomic mass is 16.5. The largest absolute Gasteiger partial charge is 0.493 e. The normalized spacial score (nSPS) is 13.1. The molecule has 0 spiro atoms. The average molecular weight is 277 g/mol. The zero-order valence-corrected chi connectivity index (χ0v) is 13.1. The summed E-state index contributed by atoms with van der Waals surface area (Å²) in [5, 5.41) is 3.16. The summed E-state index contributed by atoms with van der Waals surface area (Å²) < 4.78 is 5.77. The van der Waals surface area contributed by atoms with Crippen LogP contribution < -0.4 is 15.8 Å². The Bertz CT molecular complexity index is 443. The Balaban J connectivity index is 2.73. The Labute approximate surface area is 122 Å². The van der Waals surface area contributed by atoms with Gasteiger partial charge in [-0.05, 0) is 38.3 Å². The number of aliphatic imine (C=N–C) groups is 1. The highest BCUT2D eigenvalue weighted by Gasteiger charge is 2.05. The van der Waals surface area contributed by atoms with Gasteiger partial charge < -0.3 is 15.8 Å². The Morgan fingerprint density at radius 3 is 2.80 bits per heavy atom. The molecule has 0 radical (unpaired) electrons. The van der Waals surface area contributed by atoms with Gasteiger partial charge in [0.1, 0.15) is 5.75 Å². The Hall–Kier alpha value is -1.71. The van der Waals surface area contributed by atoms with E-state index in [9.17, 15) is 0 Å². The van der Waals surface area contributed by atoms with Crippen LogP contribution in [0.3, 0.4) is 0 Å². The van der Waals surface area contributed by atoms with E-state index in [0.29, 0.717) is 18.5 Å².